The molecule has 20 heavy (non-hydrogen) atoms. The summed E-state index contributed by atoms with van der Waals surface area (Å²) >= 11 is 1.06. The summed E-state index contributed by atoms with van der Waals surface area (Å²) in [7, 11) is 0. The second kappa shape index (κ2) is 6.22. The fraction of sp³-hybridized carbons (Fsp3) is 0.0833. The fourth-order valence-corrected chi connectivity index (χ4v) is 2.61. The number of carbonyl (C=O) groups excluding carboxylic acids is 1. The number of nitrogens with one attached hydrogen (secondary N) is 2. The average molecular weight is 291 g/mol. The summed E-state index contributed by atoms with van der Waals surface area (Å²) in [6, 6.07) is 10.2. The fourth-order valence-electron chi connectivity index (χ4n) is 1.60. The molecule has 1 aromatic carbocycles. The molecule has 1 amide bonds. The zero-order chi connectivity index (χ0) is 14.5. The molecule has 0 radical (unpaired) electrons. The van der Waals surface area contributed by atoms with Crippen molar-refractivity contribution >= 4 is 23.5 Å². The number of nitrogens with zero attached hydrogens (tertiary/aromatic N) is 1. The molecule has 0 aliphatic heterocycles. The van der Waals surface area contributed by atoms with E-state index in [2.05, 4.69) is 15.4 Å². The van der Waals surface area contributed by atoms with Crippen molar-refractivity contribution in [2.24, 2.45) is 5.84 Å². The van der Waals surface area contributed by atoms with Gasteiger partial charge in [-0.2, -0.15) is 0 Å². The van der Waals surface area contributed by atoms with Gasteiger partial charge >= 0.3 is 0 Å². The van der Waals surface area contributed by atoms with Gasteiger partial charge in [0.2, 0.25) is 0 Å². The van der Waals surface area contributed by atoms with E-state index in [-0.39, 0.29) is 16.5 Å². The minimum atomic E-state index is -0.633. The molecule has 7 nitrogen and oxygen atoms in total. The Morgan fingerprint density at radius 2 is 2.05 bits per heavy atom. The predicted octanol–water partition coefficient (Wildman–Crippen LogP) is 0.175. The van der Waals surface area contributed by atoms with Crippen LogP contribution in [-0.2, 0) is 4.79 Å². The number of hydrogen-bond acceptors (Lipinski definition) is 6. The summed E-state index contributed by atoms with van der Waals surface area (Å²) in [5.41, 5.74) is 7.98. The Morgan fingerprint density at radius 3 is 2.65 bits per heavy atom. The molecule has 2 rings (SSSR count). The number of amides is 1. The SMILES string of the molecule is NNC(=O)C(Sc1nc(N)cc(=O)[nH]1)c1ccccc1. The molecule has 2 aromatic rings. The minimum Gasteiger partial charge on any atom is -0.383 e. The highest BCUT2D eigenvalue weighted by Crippen LogP contribution is 2.32. The van der Waals surface area contributed by atoms with E-state index in [1.165, 1.54) is 6.07 Å². The summed E-state index contributed by atoms with van der Waals surface area (Å²) in [5.74, 6) is 4.89. The van der Waals surface area contributed by atoms with Gasteiger partial charge in [0.15, 0.2) is 5.16 Å². The van der Waals surface area contributed by atoms with Gasteiger partial charge in [-0.25, -0.2) is 10.8 Å². The molecule has 104 valence electrons. The number of thioether (sulfide) groups is 1. The lowest BCUT2D eigenvalue weighted by molar-refractivity contribution is -0.120. The maximum Gasteiger partial charge on any atom is 0.253 e. The average Bonchev–Trinajstić information content (AvgIpc) is 2.44. The van der Waals surface area contributed by atoms with Crippen molar-refractivity contribution in [2.75, 3.05) is 5.73 Å². The highest BCUT2D eigenvalue weighted by molar-refractivity contribution is 8.00. The van der Waals surface area contributed by atoms with Crippen LogP contribution in [0.2, 0.25) is 0 Å². The molecule has 0 saturated carbocycles. The summed E-state index contributed by atoms with van der Waals surface area (Å²) in [6.45, 7) is 0. The third kappa shape index (κ3) is 3.37. The number of nitrogen functional groups attached to an aromatic ring is 1. The summed E-state index contributed by atoms with van der Waals surface area (Å²) in [4.78, 5) is 29.7. The Hall–Kier alpha value is -2.32. The number of rotatable bonds is 4. The molecular formula is C12H13N5O2S. The molecule has 1 aromatic heterocycles. The maximum atomic E-state index is 11.9. The van der Waals surface area contributed by atoms with Crippen LogP contribution in [-0.4, -0.2) is 15.9 Å². The van der Waals surface area contributed by atoms with Crippen molar-refractivity contribution in [1.29, 1.82) is 0 Å². The van der Waals surface area contributed by atoms with E-state index in [0.717, 1.165) is 17.3 Å². The first-order valence-electron chi connectivity index (χ1n) is 5.69. The molecule has 1 heterocycles. The summed E-state index contributed by atoms with van der Waals surface area (Å²) < 4.78 is 0. The Balaban J connectivity index is 2.33. The largest absolute Gasteiger partial charge is 0.383 e. The van der Waals surface area contributed by atoms with E-state index in [4.69, 9.17) is 11.6 Å². The van der Waals surface area contributed by atoms with Crippen LogP contribution in [0.3, 0.4) is 0 Å². The van der Waals surface area contributed by atoms with Crippen LogP contribution in [0.5, 0.6) is 0 Å². The lowest BCUT2D eigenvalue weighted by Gasteiger charge is -2.14. The van der Waals surface area contributed by atoms with Crippen LogP contribution in [0, 0.1) is 0 Å². The van der Waals surface area contributed by atoms with Crippen molar-refractivity contribution < 1.29 is 4.79 Å². The third-order valence-electron chi connectivity index (χ3n) is 2.45. The maximum absolute atomic E-state index is 11.9. The molecule has 0 fully saturated rings. The van der Waals surface area contributed by atoms with E-state index in [1.807, 2.05) is 18.2 Å². The molecule has 0 bridgehead atoms. The van der Waals surface area contributed by atoms with Crippen LogP contribution in [0.1, 0.15) is 10.8 Å². The van der Waals surface area contributed by atoms with Gasteiger partial charge in [0.1, 0.15) is 11.1 Å². The highest BCUT2D eigenvalue weighted by atomic mass is 32.2. The van der Waals surface area contributed by atoms with Crippen LogP contribution in [0.15, 0.2) is 46.3 Å². The van der Waals surface area contributed by atoms with E-state index in [1.54, 1.807) is 12.1 Å². The normalized spacial score (nSPS) is 11.8. The number of hydrogen-bond donors (Lipinski definition) is 4. The molecule has 0 aliphatic carbocycles. The quantitative estimate of drug-likeness (QED) is 0.209. The first-order valence-corrected chi connectivity index (χ1v) is 6.57. The number of nitrogens with two attached hydrogens (primary N) is 2. The number of benzene rings is 1. The van der Waals surface area contributed by atoms with Crippen LogP contribution in [0.4, 0.5) is 5.82 Å². The highest BCUT2D eigenvalue weighted by Gasteiger charge is 2.22. The first-order chi connectivity index (χ1) is 9.60. The molecule has 0 spiro atoms. The molecule has 0 saturated heterocycles. The van der Waals surface area contributed by atoms with Crippen LogP contribution >= 0.6 is 11.8 Å². The van der Waals surface area contributed by atoms with Crippen molar-refractivity contribution in [1.82, 2.24) is 15.4 Å². The van der Waals surface area contributed by atoms with Gasteiger partial charge in [-0.1, -0.05) is 42.1 Å². The van der Waals surface area contributed by atoms with Gasteiger partial charge < -0.3 is 10.7 Å². The van der Waals surface area contributed by atoms with E-state index in [0.29, 0.717) is 0 Å². The predicted molar refractivity (Wildman–Crippen MR) is 76.6 cm³/mol. The number of anilines is 1. The van der Waals surface area contributed by atoms with Crippen molar-refractivity contribution in [3.05, 3.63) is 52.3 Å². The van der Waals surface area contributed by atoms with Crippen molar-refractivity contribution in [3.63, 3.8) is 0 Å². The minimum absolute atomic E-state index is 0.0937. The number of hydrazine groups is 1. The number of aromatic amines is 1. The van der Waals surface area contributed by atoms with E-state index in [9.17, 15) is 9.59 Å². The van der Waals surface area contributed by atoms with Crippen LogP contribution in [0.25, 0.3) is 0 Å². The zero-order valence-corrected chi connectivity index (χ0v) is 11.2. The molecular weight excluding hydrogens is 278 g/mol. The van der Waals surface area contributed by atoms with Gasteiger partial charge in [-0.05, 0) is 5.56 Å². The molecule has 8 heteroatoms. The third-order valence-corrected chi connectivity index (χ3v) is 3.59. The lowest BCUT2D eigenvalue weighted by Crippen LogP contribution is -2.33. The van der Waals surface area contributed by atoms with Crippen molar-refractivity contribution in [3.8, 4) is 0 Å². The lowest BCUT2D eigenvalue weighted by atomic mass is 10.1. The van der Waals surface area contributed by atoms with Gasteiger partial charge in [-0.3, -0.25) is 15.0 Å². The second-order valence-corrected chi connectivity index (χ2v) is 4.99. The molecule has 1 atom stereocenters. The first kappa shape index (κ1) is 14.1. The Labute approximate surface area is 118 Å². The number of carbonyl (C=O) groups is 1. The van der Waals surface area contributed by atoms with Gasteiger partial charge in [0, 0.05) is 6.07 Å². The van der Waals surface area contributed by atoms with E-state index < -0.39 is 11.2 Å². The molecule has 1 unspecified atom stereocenters. The molecule has 0 aliphatic rings. The Kier molecular flexibility index (Phi) is 4.38. The van der Waals surface area contributed by atoms with Gasteiger partial charge in [0.25, 0.3) is 11.5 Å². The smallest absolute Gasteiger partial charge is 0.253 e. The van der Waals surface area contributed by atoms with E-state index >= 15 is 0 Å². The Morgan fingerprint density at radius 1 is 1.35 bits per heavy atom. The molecule has 6 N–H and O–H groups in total. The Bertz CT molecular complexity index is 658. The van der Waals surface area contributed by atoms with Gasteiger partial charge in [-0.15, -0.1) is 0 Å². The zero-order valence-electron chi connectivity index (χ0n) is 10.4. The van der Waals surface area contributed by atoms with Crippen molar-refractivity contribution in [2.45, 2.75) is 10.4 Å². The van der Waals surface area contributed by atoms with Gasteiger partial charge in [0.05, 0.1) is 0 Å². The topological polar surface area (TPSA) is 127 Å². The second-order valence-electron chi connectivity index (χ2n) is 3.89. The summed E-state index contributed by atoms with van der Waals surface area (Å²) in [5, 5.41) is -0.376. The summed E-state index contributed by atoms with van der Waals surface area (Å²) in [6.07, 6.45) is 0. The monoisotopic (exact) mass is 291 g/mol. The van der Waals surface area contributed by atoms with Crippen LogP contribution < -0.4 is 22.6 Å². The standard InChI is InChI=1S/C12H13N5O2S/c13-8-6-9(18)16-12(15-8)20-10(11(19)17-14)7-4-2-1-3-5-7/h1-6,10H,14H2,(H,17,19)(H3,13,15,16,18). The number of aromatic nitrogens is 2. The number of H-pyrrole nitrogens is 1.